The molecule has 0 aromatic heterocycles. The number of rotatable bonds is 4. The van der Waals surface area contributed by atoms with Crippen LogP contribution >= 0.6 is 15.9 Å². The van der Waals surface area contributed by atoms with E-state index in [1.54, 1.807) is 18.2 Å². The second-order valence-electron chi connectivity index (χ2n) is 4.51. The van der Waals surface area contributed by atoms with E-state index in [0.29, 0.717) is 5.56 Å². The maximum atomic E-state index is 12.5. The molecule has 23 heavy (non-hydrogen) atoms. The Kier molecular flexibility index (Phi) is 5.08. The van der Waals surface area contributed by atoms with Crippen LogP contribution in [0.1, 0.15) is 5.56 Å². The van der Waals surface area contributed by atoms with Crippen molar-refractivity contribution in [3.05, 3.63) is 57.4 Å². The normalized spacial score (nSPS) is 11.8. The minimum atomic E-state index is -3.92. The van der Waals surface area contributed by atoms with Crippen molar-refractivity contribution in [2.45, 2.75) is 4.90 Å². The fourth-order valence-corrected chi connectivity index (χ4v) is 3.27. The highest BCUT2D eigenvalue weighted by molar-refractivity contribution is 9.10. The third-order valence-electron chi connectivity index (χ3n) is 3.03. The number of methoxy groups -OCH3 is 1. The Morgan fingerprint density at radius 1 is 1.26 bits per heavy atom. The van der Waals surface area contributed by atoms with Crippen LogP contribution < -0.4 is 4.74 Å². The number of ether oxygens (including phenoxy) is 1. The van der Waals surface area contributed by atoms with Crippen LogP contribution in [0.15, 0.2) is 56.7 Å². The number of allylic oxidation sites excluding steroid dienone is 1. The molecule has 0 radical (unpaired) electrons. The number of halogens is 1. The molecule has 2 aromatic carbocycles. The molecule has 0 saturated carbocycles. The number of sulfone groups is 1. The Bertz CT molecular complexity index is 897. The van der Waals surface area contributed by atoms with Crippen molar-refractivity contribution in [3.63, 3.8) is 0 Å². The second-order valence-corrected chi connectivity index (χ2v) is 7.34. The minimum absolute atomic E-state index is 0.0271. The van der Waals surface area contributed by atoms with E-state index in [4.69, 9.17) is 4.74 Å². The van der Waals surface area contributed by atoms with Crippen molar-refractivity contribution >= 4 is 31.8 Å². The van der Waals surface area contributed by atoms with Crippen molar-refractivity contribution in [2.24, 2.45) is 0 Å². The summed E-state index contributed by atoms with van der Waals surface area (Å²) in [5.41, 5.74) is 0.428. The smallest absolute Gasteiger partial charge is 0.216 e. The molecule has 0 spiro atoms. The lowest BCUT2D eigenvalue weighted by Gasteiger charge is -2.06. The van der Waals surface area contributed by atoms with E-state index in [9.17, 15) is 18.8 Å². The molecule has 1 N–H and O–H groups in total. The van der Waals surface area contributed by atoms with Gasteiger partial charge in [-0.15, -0.1) is 0 Å². The van der Waals surface area contributed by atoms with Gasteiger partial charge in [0.1, 0.15) is 11.0 Å². The van der Waals surface area contributed by atoms with E-state index in [1.807, 2.05) is 0 Å². The molecule has 0 amide bonds. The summed E-state index contributed by atoms with van der Waals surface area (Å²) in [4.78, 5) is -0.369. The van der Waals surface area contributed by atoms with Crippen molar-refractivity contribution in [2.75, 3.05) is 7.11 Å². The van der Waals surface area contributed by atoms with Crippen LogP contribution in [0.2, 0.25) is 0 Å². The SMILES string of the molecule is COc1cc(C=C(C#N)S(=O)(=O)c2ccc(Br)cc2)ccc1O. The van der Waals surface area contributed by atoms with E-state index in [1.165, 1.54) is 43.5 Å². The largest absolute Gasteiger partial charge is 0.504 e. The molecule has 0 saturated heterocycles. The van der Waals surface area contributed by atoms with Crippen LogP contribution in [0, 0.1) is 11.3 Å². The van der Waals surface area contributed by atoms with E-state index in [0.717, 1.165) is 4.47 Å². The highest BCUT2D eigenvalue weighted by atomic mass is 79.9. The Hall–Kier alpha value is -2.30. The number of phenols is 1. The molecule has 2 rings (SSSR count). The quantitative estimate of drug-likeness (QED) is 0.802. The number of hydrogen-bond acceptors (Lipinski definition) is 5. The monoisotopic (exact) mass is 393 g/mol. The van der Waals surface area contributed by atoms with Gasteiger partial charge in [-0.05, 0) is 48.0 Å². The van der Waals surface area contributed by atoms with Gasteiger partial charge in [-0.2, -0.15) is 5.26 Å². The molecule has 0 aliphatic carbocycles. The molecular weight excluding hydrogens is 382 g/mol. The molecule has 0 bridgehead atoms. The van der Waals surface area contributed by atoms with Gasteiger partial charge in [-0.3, -0.25) is 0 Å². The van der Waals surface area contributed by atoms with E-state index < -0.39 is 14.7 Å². The Balaban J connectivity index is 2.50. The lowest BCUT2D eigenvalue weighted by Crippen LogP contribution is -2.03. The van der Waals surface area contributed by atoms with Crippen LogP contribution in [0.25, 0.3) is 6.08 Å². The summed E-state index contributed by atoms with van der Waals surface area (Å²) in [6, 6.07) is 12.0. The highest BCUT2D eigenvalue weighted by Gasteiger charge is 2.20. The van der Waals surface area contributed by atoms with Gasteiger partial charge in [0.25, 0.3) is 0 Å². The number of benzene rings is 2. The lowest BCUT2D eigenvalue weighted by atomic mass is 10.2. The van der Waals surface area contributed by atoms with E-state index in [2.05, 4.69) is 15.9 Å². The number of hydrogen-bond donors (Lipinski definition) is 1. The summed E-state index contributed by atoms with van der Waals surface area (Å²) >= 11 is 3.23. The second kappa shape index (κ2) is 6.86. The Morgan fingerprint density at radius 3 is 2.48 bits per heavy atom. The highest BCUT2D eigenvalue weighted by Crippen LogP contribution is 2.29. The molecular formula is C16H12BrNO4S. The van der Waals surface area contributed by atoms with Gasteiger partial charge in [0.2, 0.25) is 9.84 Å². The van der Waals surface area contributed by atoms with Gasteiger partial charge in [0.15, 0.2) is 11.5 Å². The van der Waals surface area contributed by atoms with Crippen molar-refractivity contribution in [1.82, 2.24) is 0 Å². The topological polar surface area (TPSA) is 87.4 Å². The third-order valence-corrected chi connectivity index (χ3v) is 5.23. The van der Waals surface area contributed by atoms with Crippen molar-refractivity contribution in [1.29, 1.82) is 5.26 Å². The first kappa shape index (κ1) is 17.1. The van der Waals surface area contributed by atoms with Gasteiger partial charge in [-0.1, -0.05) is 22.0 Å². The predicted octanol–water partition coefficient (Wildman–Crippen LogP) is 3.50. The summed E-state index contributed by atoms with van der Waals surface area (Å²) in [7, 11) is -2.54. The molecule has 2 aromatic rings. The fraction of sp³-hybridized carbons (Fsp3) is 0.0625. The average Bonchev–Trinajstić information content (AvgIpc) is 2.54. The molecule has 0 atom stereocenters. The first-order chi connectivity index (χ1) is 10.9. The van der Waals surface area contributed by atoms with Crippen LogP contribution in [-0.4, -0.2) is 20.6 Å². The minimum Gasteiger partial charge on any atom is -0.504 e. The molecule has 0 unspecified atom stereocenters. The lowest BCUT2D eigenvalue weighted by molar-refractivity contribution is 0.373. The molecule has 0 aliphatic heterocycles. The summed E-state index contributed by atoms with van der Waals surface area (Å²) in [5, 5.41) is 18.8. The van der Waals surface area contributed by atoms with E-state index in [-0.39, 0.29) is 16.4 Å². The third kappa shape index (κ3) is 3.73. The first-order valence-corrected chi connectivity index (χ1v) is 8.65. The first-order valence-electron chi connectivity index (χ1n) is 6.38. The van der Waals surface area contributed by atoms with Crippen LogP contribution in [0.4, 0.5) is 0 Å². The van der Waals surface area contributed by atoms with Gasteiger partial charge >= 0.3 is 0 Å². The number of nitrogens with zero attached hydrogens (tertiary/aromatic N) is 1. The van der Waals surface area contributed by atoms with Crippen molar-refractivity contribution < 1.29 is 18.3 Å². The number of phenolic OH excluding ortho intramolecular Hbond substituents is 1. The van der Waals surface area contributed by atoms with Crippen LogP contribution in [-0.2, 0) is 9.84 Å². The zero-order valence-corrected chi connectivity index (χ0v) is 14.4. The molecule has 0 fully saturated rings. The fourth-order valence-electron chi connectivity index (χ4n) is 1.85. The zero-order valence-electron chi connectivity index (χ0n) is 12.0. The summed E-state index contributed by atoms with van der Waals surface area (Å²) in [6.45, 7) is 0. The molecule has 7 heteroatoms. The summed E-state index contributed by atoms with van der Waals surface area (Å²) in [5.74, 6) is 0.121. The van der Waals surface area contributed by atoms with Crippen LogP contribution in [0.3, 0.4) is 0 Å². The van der Waals surface area contributed by atoms with Gasteiger partial charge in [-0.25, -0.2) is 8.42 Å². The zero-order chi connectivity index (χ0) is 17.0. The maximum absolute atomic E-state index is 12.5. The molecule has 0 aliphatic rings. The number of aromatic hydroxyl groups is 1. The van der Waals surface area contributed by atoms with Crippen LogP contribution in [0.5, 0.6) is 11.5 Å². The van der Waals surface area contributed by atoms with Gasteiger partial charge in [0, 0.05) is 4.47 Å². The Labute approximate surface area is 142 Å². The predicted molar refractivity (Wildman–Crippen MR) is 89.6 cm³/mol. The molecule has 118 valence electrons. The maximum Gasteiger partial charge on any atom is 0.216 e. The average molecular weight is 394 g/mol. The summed E-state index contributed by atoms with van der Waals surface area (Å²) < 4.78 is 30.7. The summed E-state index contributed by atoms with van der Waals surface area (Å²) in [6.07, 6.45) is 1.24. The van der Waals surface area contributed by atoms with E-state index >= 15 is 0 Å². The van der Waals surface area contributed by atoms with Gasteiger partial charge < -0.3 is 9.84 Å². The number of nitriles is 1. The Morgan fingerprint density at radius 2 is 1.91 bits per heavy atom. The van der Waals surface area contributed by atoms with Crippen molar-refractivity contribution in [3.8, 4) is 17.6 Å². The molecule has 5 nitrogen and oxygen atoms in total. The van der Waals surface area contributed by atoms with Gasteiger partial charge in [0.05, 0.1) is 12.0 Å². The molecule has 0 heterocycles. The standard InChI is InChI=1S/C16H12BrNO4S/c1-22-16-9-11(2-7-15(16)19)8-14(10-18)23(20,21)13-5-3-12(17)4-6-13/h2-9,19H,1H3.